The monoisotopic (exact) mass is 721 g/mol. The molecule has 0 aromatic rings. The number of carbonyl (C=O) groups is 2. The van der Waals surface area contributed by atoms with Gasteiger partial charge in [-0.25, -0.2) is 0 Å². The Bertz CT molecular complexity index is 1040. The highest BCUT2D eigenvalue weighted by Crippen LogP contribution is 2.13. The molecule has 0 saturated heterocycles. The van der Waals surface area contributed by atoms with Crippen molar-refractivity contribution < 1.29 is 24.2 Å². The van der Waals surface area contributed by atoms with Gasteiger partial charge in [-0.15, -0.1) is 0 Å². The minimum atomic E-state index is -0.792. The van der Waals surface area contributed by atoms with Gasteiger partial charge in [0.2, 0.25) is 0 Å². The summed E-state index contributed by atoms with van der Waals surface area (Å²) in [5.74, 6) is -0.642. The van der Waals surface area contributed by atoms with Crippen molar-refractivity contribution in [2.75, 3.05) is 13.2 Å². The average molecular weight is 721 g/mol. The lowest BCUT2D eigenvalue weighted by atomic mass is 10.1. The standard InChI is InChI=1S/C47H76O5/c1-3-5-7-9-11-13-15-17-18-19-20-21-22-23-24-25-26-27-28-30-32-34-36-38-40-42-47(50)52-45(43-48)44-51-46(49)41-39-37-35-33-31-29-16-14-12-10-8-6-4-2/h5-8,11-14,17-18,20-21,23-24,29,31,45,48H,3-4,9-10,15-16,19,22,25-28,30,32-44H2,1-2H3/b7-5-,8-6-,13-11-,14-12-,18-17-,21-20-,24-23-,31-29-. The van der Waals surface area contributed by atoms with Crippen LogP contribution in [-0.2, 0) is 19.1 Å². The fraction of sp³-hybridized carbons (Fsp3) is 0.617. The summed E-state index contributed by atoms with van der Waals surface area (Å²) in [5, 5.41) is 9.56. The zero-order chi connectivity index (χ0) is 37.8. The van der Waals surface area contributed by atoms with Crippen molar-refractivity contribution in [2.24, 2.45) is 0 Å². The number of allylic oxidation sites excluding steroid dienone is 16. The van der Waals surface area contributed by atoms with E-state index >= 15 is 0 Å². The first kappa shape index (κ1) is 48.8. The SMILES string of the molecule is CC/C=C\C/C=C\C/C=C\C/C=C\C/C=C\CCCCCCCCCCCC(=O)OC(CO)COC(=O)CCCCC/C=C\C/C=C\C/C=C\CC. The zero-order valence-electron chi connectivity index (χ0n) is 33.3. The van der Waals surface area contributed by atoms with Gasteiger partial charge in [0.25, 0.3) is 0 Å². The molecule has 294 valence electrons. The molecule has 0 aromatic carbocycles. The fourth-order valence-electron chi connectivity index (χ4n) is 5.30. The number of hydrogen-bond acceptors (Lipinski definition) is 5. The summed E-state index contributed by atoms with van der Waals surface area (Å²) in [5.41, 5.74) is 0. The molecule has 0 saturated carbocycles. The molecule has 0 aromatic heterocycles. The second-order valence-electron chi connectivity index (χ2n) is 13.3. The average Bonchev–Trinajstić information content (AvgIpc) is 3.15. The van der Waals surface area contributed by atoms with Crippen LogP contribution in [0.1, 0.15) is 168 Å². The number of ether oxygens (including phenoxy) is 2. The largest absolute Gasteiger partial charge is 0.462 e. The molecule has 52 heavy (non-hydrogen) atoms. The van der Waals surface area contributed by atoms with Crippen LogP contribution in [0.4, 0.5) is 0 Å². The highest BCUT2D eigenvalue weighted by molar-refractivity contribution is 5.70. The summed E-state index contributed by atoms with van der Waals surface area (Å²) in [4.78, 5) is 24.3. The Morgan fingerprint density at radius 3 is 1.17 bits per heavy atom. The van der Waals surface area contributed by atoms with Gasteiger partial charge in [-0.05, 0) is 89.9 Å². The molecule has 1 atom stereocenters. The third-order valence-corrected chi connectivity index (χ3v) is 8.37. The van der Waals surface area contributed by atoms with Crippen molar-refractivity contribution in [3.05, 3.63) is 97.2 Å². The van der Waals surface area contributed by atoms with Crippen molar-refractivity contribution in [1.82, 2.24) is 0 Å². The maximum absolute atomic E-state index is 12.2. The molecule has 0 spiro atoms. The van der Waals surface area contributed by atoms with Crippen LogP contribution in [0.2, 0.25) is 0 Å². The van der Waals surface area contributed by atoms with E-state index in [1.165, 1.54) is 38.5 Å². The van der Waals surface area contributed by atoms with Crippen LogP contribution < -0.4 is 0 Å². The molecule has 0 aliphatic carbocycles. The van der Waals surface area contributed by atoms with Gasteiger partial charge in [-0.1, -0.05) is 162 Å². The Balaban J connectivity index is 3.61. The first-order chi connectivity index (χ1) is 25.6. The van der Waals surface area contributed by atoms with Crippen LogP contribution in [0.3, 0.4) is 0 Å². The van der Waals surface area contributed by atoms with Crippen LogP contribution in [0.5, 0.6) is 0 Å². The van der Waals surface area contributed by atoms with Crippen molar-refractivity contribution in [2.45, 2.75) is 174 Å². The Morgan fingerprint density at radius 2 is 0.769 bits per heavy atom. The first-order valence-corrected chi connectivity index (χ1v) is 20.8. The third-order valence-electron chi connectivity index (χ3n) is 8.37. The van der Waals surface area contributed by atoms with E-state index in [-0.39, 0.29) is 25.2 Å². The molecule has 0 amide bonds. The number of rotatable bonds is 36. The molecule has 0 aliphatic heterocycles. The van der Waals surface area contributed by atoms with Crippen LogP contribution in [0.25, 0.3) is 0 Å². The van der Waals surface area contributed by atoms with Gasteiger partial charge < -0.3 is 14.6 Å². The Kier molecular flexibility index (Phi) is 39.7. The van der Waals surface area contributed by atoms with E-state index in [1.54, 1.807) is 0 Å². The molecule has 0 bridgehead atoms. The van der Waals surface area contributed by atoms with Gasteiger partial charge in [0.05, 0.1) is 6.61 Å². The van der Waals surface area contributed by atoms with E-state index in [1.807, 2.05) is 0 Å². The number of aliphatic hydroxyl groups is 1. The molecule has 1 unspecified atom stereocenters. The molecule has 0 fully saturated rings. The second kappa shape index (κ2) is 42.2. The molecule has 1 N–H and O–H groups in total. The molecule has 0 rings (SSSR count). The number of esters is 2. The summed E-state index contributed by atoms with van der Waals surface area (Å²) < 4.78 is 10.6. The van der Waals surface area contributed by atoms with Crippen LogP contribution in [0.15, 0.2) is 97.2 Å². The van der Waals surface area contributed by atoms with Crippen LogP contribution >= 0.6 is 0 Å². The molecular formula is C47H76O5. The van der Waals surface area contributed by atoms with Gasteiger partial charge in [-0.3, -0.25) is 9.59 Å². The quantitative estimate of drug-likeness (QED) is 0.0396. The molecule has 5 heteroatoms. The van der Waals surface area contributed by atoms with Crippen LogP contribution in [-0.4, -0.2) is 36.4 Å². The van der Waals surface area contributed by atoms with E-state index in [0.29, 0.717) is 12.8 Å². The van der Waals surface area contributed by atoms with E-state index < -0.39 is 6.10 Å². The predicted octanol–water partition coefficient (Wildman–Crippen LogP) is 13.3. The van der Waals surface area contributed by atoms with E-state index in [9.17, 15) is 14.7 Å². The molecule has 0 radical (unpaired) electrons. The van der Waals surface area contributed by atoms with Crippen molar-refractivity contribution in [3.8, 4) is 0 Å². The first-order valence-electron chi connectivity index (χ1n) is 20.8. The van der Waals surface area contributed by atoms with Crippen molar-refractivity contribution in [3.63, 3.8) is 0 Å². The highest BCUT2D eigenvalue weighted by Gasteiger charge is 2.16. The molecule has 0 heterocycles. The maximum atomic E-state index is 12.2. The topological polar surface area (TPSA) is 72.8 Å². The van der Waals surface area contributed by atoms with Gasteiger partial charge in [0.15, 0.2) is 6.10 Å². The fourth-order valence-corrected chi connectivity index (χ4v) is 5.30. The van der Waals surface area contributed by atoms with Gasteiger partial charge in [0, 0.05) is 12.8 Å². The molecule has 5 nitrogen and oxygen atoms in total. The summed E-state index contributed by atoms with van der Waals surface area (Å²) in [6, 6.07) is 0. The van der Waals surface area contributed by atoms with Gasteiger partial charge in [-0.2, -0.15) is 0 Å². The minimum Gasteiger partial charge on any atom is -0.462 e. The molecule has 0 aliphatic rings. The number of carbonyl (C=O) groups excluding carboxylic acids is 2. The summed E-state index contributed by atoms with van der Waals surface area (Å²) >= 11 is 0. The van der Waals surface area contributed by atoms with E-state index in [0.717, 1.165) is 103 Å². The minimum absolute atomic E-state index is 0.0894. The Labute approximate surface area is 319 Å². The highest BCUT2D eigenvalue weighted by atomic mass is 16.6. The lowest BCUT2D eigenvalue weighted by Gasteiger charge is -2.15. The summed E-state index contributed by atoms with van der Waals surface area (Å²) in [6.45, 7) is 3.86. The van der Waals surface area contributed by atoms with Crippen LogP contribution in [0, 0.1) is 0 Å². The predicted molar refractivity (Wildman–Crippen MR) is 223 cm³/mol. The van der Waals surface area contributed by atoms with E-state index in [2.05, 4.69) is 111 Å². The van der Waals surface area contributed by atoms with Crippen molar-refractivity contribution >= 4 is 11.9 Å². The zero-order valence-corrected chi connectivity index (χ0v) is 33.3. The summed E-state index contributed by atoms with van der Waals surface area (Å²) in [7, 11) is 0. The Morgan fingerprint density at radius 1 is 0.442 bits per heavy atom. The third kappa shape index (κ3) is 39.6. The Hall–Kier alpha value is -3.18. The van der Waals surface area contributed by atoms with Gasteiger partial charge >= 0.3 is 11.9 Å². The van der Waals surface area contributed by atoms with E-state index in [4.69, 9.17) is 9.47 Å². The number of unbranched alkanes of at least 4 members (excludes halogenated alkanes) is 12. The van der Waals surface area contributed by atoms with Crippen molar-refractivity contribution in [1.29, 1.82) is 0 Å². The molecular weight excluding hydrogens is 645 g/mol. The lowest BCUT2D eigenvalue weighted by Crippen LogP contribution is -2.28. The number of aliphatic hydroxyl groups excluding tert-OH is 1. The normalized spacial score (nSPS) is 13.2. The lowest BCUT2D eigenvalue weighted by molar-refractivity contribution is -0.161. The smallest absolute Gasteiger partial charge is 0.306 e. The van der Waals surface area contributed by atoms with Gasteiger partial charge in [0.1, 0.15) is 6.61 Å². The summed E-state index contributed by atoms with van der Waals surface area (Å²) in [6.07, 6.45) is 59.0. The second-order valence-corrected chi connectivity index (χ2v) is 13.3. The number of hydrogen-bond donors (Lipinski definition) is 1. The maximum Gasteiger partial charge on any atom is 0.306 e.